The quantitative estimate of drug-likeness (QED) is 0.800. The minimum absolute atomic E-state index is 0.0277. The van der Waals surface area contributed by atoms with Gasteiger partial charge < -0.3 is 10.6 Å². The molecule has 0 heterocycles. The van der Waals surface area contributed by atoms with Gasteiger partial charge in [0.05, 0.1) is 4.90 Å². The van der Waals surface area contributed by atoms with Crippen molar-refractivity contribution < 1.29 is 12.8 Å². The molecule has 5 nitrogen and oxygen atoms in total. The van der Waals surface area contributed by atoms with Gasteiger partial charge in [-0.25, -0.2) is 17.5 Å². The molecule has 1 atom stereocenters. The third-order valence-electron chi connectivity index (χ3n) is 2.54. The first-order valence-electron chi connectivity index (χ1n) is 5.92. The van der Waals surface area contributed by atoms with Crippen molar-refractivity contribution in [3.8, 4) is 0 Å². The molecule has 0 aromatic heterocycles. The molecule has 0 spiro atoms. The Morgan fingerprint density at radius 2 is 2.05 bits per heavy atom. The lowest BCUT2D eigenvalue weighted by Gasteiger charge is -2.18. The molecule has 0 aliphatic rings. The average molecular weight is 289 g/mol. The summed E-state index contributed by atoms with van der Waals surface area (Å²) in [6.45, 7) is 2.30. The number of nitrogens with zero attached hydrogens (tertiary/aromatic N) is 1. The van der Waals surface area contributed by atoms with Crippen molar-refractivity contribution >= 4 is 10.0 Å². The van der Waals surface area contributed by atoms with E-state index in [0.29, 0.717) is 6.54 Å². The number of hydrogen-bond donors (Lipinski definition) is 2. The van der Waals surface area contributed by atoms with Crippen LogP contribution < -0.4 is 10.5 Å². The van der Waals surface area contributed by atoms with Crippen molar-refractivity contribution in [2.45, 2.75) is 24.4 Å². The van der Waals surface area contributed by atoms with Gasteiger partial charge in [-0.05, 0) is 39.2 Å². The van der Waals surface area contributed by atoms with E-state index in [1.54, 1.807) is 6.92 Å². The Bertz CT molecular complexity index is 532. The second kappa shape index (κ2) is 6.42. The molecule has 0 fully saturated rings. The van der Waals surface area contributed by atoms with Crippen molar-refractivity contribution in [1.29, 1.82) is 0 Å². The van der Waals surface area contributed by atoms with Gasteiger partial charge in [0.15, 0.2) is 0 Å². The molecule has 0 radical (unpaired) electrons. The minimum Gasteiger partial charge on any atom is -0.326 e. The lowest BCUT2D eigenvalue weighted by atomic mass is 10.2. The number of halogens is 1. The zero-order valence-electron chi connectivity index (χ0n) is 11.4. The molecule has 1 aromatic rings. The topological polar surface area (TPSA) is 75.4 Å². The highest BCUT2D eigenvalue weighted by Gasteiger charge is 2.18. The zero-order chi connectivity index (χ0) is 14.6. The summed E-state index contributed by atoms with van der Waals surface area (Å²) in [5.41, 5.74) is 5.55. The normalized spacial score (nSPS) is 13.8. The molecular formula is C12H20FN3O2S. The summed E-state index contributed by atoms with van der Waals surface area (Å²) in [7, 11) is 0.0594. The molecule has 1 rings (SSSR count). The second-order valence-electron chi connectivity index (χ2n) is 4.74. The monoisotopic (exact) mass is 289 g/mol. The Balaban J connectivity index is 2.94. The van der Waals surface area contributed by atoms with Crippen LogP contribution in [0.2, 0.25) is 0 Å². The molecule has 0 saturated carbocycles. The summed E-state index contributed by atoms with van der Waals surface area (Å²) in [6, 6.07) is 3.37. The molecule has 0 amide bonds. The summed E-state index contributed by atoms with van der Waals surface area (Å²) in [6.07, 6.45) is 0. The average Bonchev–Trinajstić information content (AvgIpc) is 2.27. The lowest BCUT2D eigenvalue weighted by Crippen LogP contribution is -2.39. The van der Waals surface area contributed by atoms with Crippen LogP contribution in [0, 0.1) is 5.82 Å². The molecule has 0 saturated heterocycles. The van der Waals surface area contributed by atoms with Crippen LogP contribution in [-0.4, -0.2) is 40.0 Å². The molecular weight excluding hydrogens is 269 g/mol. The van der Waals surface area contributed by atoms with Crippen LogP contribution in [0.1, 0.15) is 12.5 Å². The molecule has 1 unspecified atom stereocenters. The van der Waals surface area contributed by atoms with E-state index in [0.717, 1.165) is 6.07 Å². The fourth-order valence-corrected chi connectivity index (χ4v) is 3.08. The Hall–Kier alpha value is -1.02. The molecule has 7 heteroatoms. The Morgan fingerprint density at radius 1 is 1.42 bits per heavy atom. The van der Waals surface area contributed by atoms with Gasteiger partial charge in [-0.3, -0.25) is 0 Å². The van der Waals surface area contributed by atoms with E-state index < -0.39 is 15.8 Å². The van der Waals surface area contributed by atoms with E-state index in [-0.39, 0.29) is 23.0 Å². The van der Waals surface area contributed by atoms with Gasteiger partial charge in [-0.15, -0.1) is 0 Å². The summed E-state index contributed by atoms with van der Waals surface area (Å²) in [5.74, 6) is -0.497. The van der Waals surface area contributed by atoms with Gasteiger partial charge in [0.2, 0.25) is 10.0 Å². The van der Waals surface area contributed by atoms with Crippen molar-refractivity contribution in [1.82, 2.24) is 9.62 Å². The first-order valence-corrected chi connectivity index (χ1v) is 7.40. The Morgan fingerprint density at radius 3 is 2.58 bits per heavy atom. The first-order chi connectivity index (χ1) is 8.76. The van der Waals surface area contributed by atoms with Crippen LogP contribution in [0.15, 0.2) is 23.1 Å². The minimum atomic E-state index is -3.65. The van der Waals surface area contributed by atoms with Gasteiger partial charge in [0.25, 0.3) is 0 Å². The highest BCUT2D eigenvalue weighted by Crippen LogP contribution is 2.15. The third kappa shape index (κ3) is 4.54. The van der Waals surface area contributed by atoms with Gasteiger partial charge in [-0.1, -0.05) is 0 Å². The number of likely N-dealkylation sites (N-methyl/N-ethyl adjacent to an activating group) is 1. The smallest absolute Gasteiger partial charge is 0.240 e. The van der Waals surface area contributed by atoms with Crippen LogP contribution in [0.4, 0.5) is 4.39 Å². The predicted molar refractivity (Wildman–Crippen MR) is 72.6 cm³/mol. The predicted octanol–water partition coefficient (Wildman–Crippen LogP) is 0.513. The number of rotatable bonds is 6. The van der Waals surface area contributed by atoms with Crippen molar-refractivity contribution in [2.75, 3.05) is 20.6 Å². The summed E-state index contributed by atoms with van der Waals surface area (Å²) in [4.78, 5) is 1.91. The summed E-state index contributed by atoms with van der Waals surface area (Å²) in [5, 5.41) is 0. The van der Waals surface area contributed by atoms with Crippen molar-refractivity contribution in [3.05, 3.63) is 29.6 Å². The summed E-state index contributed by atoms with van der Waals surface area (Å²) < 4.78 is 40.1. The molecule has 19 heavy (non-hydrogen) atoms. The van der Waals surface area contributed by atoms with Gasteiger partial charge >= 0.3 is 0 Å². The van der Waals surface area contributed by atoms with Crippen LogP contribution in [-0.2, 0) is 16.6 Å². The maximum absolute atomic E-state index is 13.3. The number of nitrogens with two attached hydrogens (primary N) is 1. The van der Waals surface area contributed by atoms with Gasteiger partial charge in [0, 0.05) is 24.7 Å². The van der Waals surface area contributed by atoms with Crippen LogP contribution in [0.5, 0.6) is 0 Å². The summed E-state index contributed by atoms with van der Waals surface area (Å²) >= 11 is 0. The van der Waals surface area contributed by atoms with Crippen molar-refractivity contribution in [3.63, 3.8) is 0 Å². The molecule has 0 aliphatic heterocycles. The molecule has 3 N–H and O–H groups in total. The van der Waals surface area contributed by atoms with E-state index in [9.17, 15) is 12.8 Å². The van der Waals surface area contributed by atoms with Crippen LogP contribution in [0.3, 0.4) is 0 Å². The highest BCUT2D eigenvalue weighted by atomic mass is 32.2. The second-order valence-corrected chi connectivity index (χ2v) is 6.46. The Labute approximate surface area is 113 Å². The largest absolute Gasteiger partial charge is 0.326 e. The number of sulfonamides is 1. The van der Waals surface area contributed by atoms with Gasteiger partial charge in [-0.2, -0.15) is 0 Å². The molecule has 0 bridgehead atoms. The maximum Gasteiger partial charge on any atom is 0.240 e. The van der Waals surface area contributed by atoms with Crippen molar-refractivity contribution in [2.24, 2.45) is 5.73 Å². The SMILES string of the molecule is CC(CN(C)C)NS(=O)(=O)c1ccc(F)c(CN)c1. The van der Waals surface area contributed by atoms with Gasteiger partial charge in [0.1, 0.15) is 5.82 Å². The number of hydrogen-bond acceptors (Lipinski definition) is 4. The van der Waals surface area contributed by atoms with E-state index in [1.807, 2.05) is 19.0 Å². The molecule has 108 valence electrons. The highest BCUT2D eigenvalue weighted by molar-refractivity contribution is 7.89. The van der Waals surface area contributed by atoms with Crippen LogP contribution >= 0.6 is 0 Å². The lowest BCUT2D eigenvalue weighted by molar-refractivity contribution is 0.370. The molecule has 1 aromatic carbocycles. The Kier molecular flexibility index (Phi) is 5.42. The fraction of sp³-hybridized carbons (Fsp3) is 0.500. The van der Waals surface area contributed by atoms with E-state index in [1.165, 1.54) is 12.1 Å². The van der Waals surface area contributed by atoms with E-state index in [2.05, 4.69) is 4.72 Å². The fourth-order valence-electron chi connectivity index (χ4n) is 1.79. The first kappa shape index (κ1) is 16.0. The molecule has 0 aliphatic carbocycles. The van der Waals surface area contributed by atoms with E-state index in [4.69, 9.17) is 5.73 Å². The maximum atomic E-state index is 13.3. The number of nitrogens with one attached hydrogen (secondary N) is 1. The standard InChI is InChI=1S/C12H20FN3O2S/c1-9(8-16(2)3)15-19(17,18)11-4-5-12(13)10(6-11)7-14/h4-6,9,15H,7-8,14H2,1-3H3. The zero-order valence-corrected chi connectivity index (χ0v) is 12.2. The third-order valence-corrected chi connectivity index (χ3v) is 4.13. The van der Waals surface area contributed by atoms with E-state index >= 15 is 0 Å². The number of benzene rings is 1. The van der Waals surface area contributed by atoms with Crippen LogP contribution in [0.25, 0.3) is 0 Å².